The second-order valence-electron chi connectivity index (χ2n) is 3.52. The van der Waals surface area contributed by atoms with Gasteiger partial charge in [-0.05, 0) is 12.7 Å². The van der Waals surface area contributed by atoms with Crippen LogP contribution >= 0.6 is 0 Å². The third-order valence-corrected chi connectivity index (χ3v) is 5.70. The minimum Gasteiger partial charge on any atom is -0.285 e. The smallest absolute Gasteiger partial charge is 0.285 e. The molecule has 0 rings (SSSR count). The van der Waals surface area contributed by atoms with E-state index in [0.29, 0.717) is 6.42 Å². The van der Waals surface area contributed by atoms with Crippen LogP contribution in [0.5, 0.6) is 0 Å². The maximum atomic E-state index is 11.8. The molecule has 0 bridgehead atoms. The van der Waals surface area contributed by atoms with Crippen LogP contribution in [-0.4, -0.2) is 27.6 Å². The lowest BCUT2D eigenvalue weighted by molar-refractivity contribution is -0.129. The molecule has 0 radical (unpaired) electrons. The SMILES string of the molecule is CCC(C)[SH](C)(=O)CCC(F)(F)F. The van der Waals surface area contributed by atoms with Crippen molar-refractivity contribution < 1.29 is 17.4 Å². The monoisotopic (exact) mass is 218 g/mol. The van der Waals surface area contributed by atoms with Crippen LogP contribution < -0.4 is 0 Å². The molecule has 0 aromatic rings. The molecule has 0 aliphatic heterocycles. The van der Waals surface area contributed by atoms with Crippen molar-refractivity contribution >= 4 is 9.93 Å². The Bertz CT molecular complexity index is 200. The molecule has 5 heteroatoms. The summed E-state index contributed by atoms with van der Waals surface area (Å²) in [5, 5.41) is -0.102. The topological polar surface area (TPSA) is 17.1 Å². The van der Waals surface area contributed by atoms with Crippen LogP contribution in [0, 0.1) is 0 Å². The summed E-state index contributed by atoms with van der Waals surface area (Å²) in [5.41, 5.74) is 0. The maximum absolute atomic E-state index is 11.8. The van der Waals surface area contributed by atoms with E-state index in [-0.39, 0.29) is 11.0 Å². The number of thiol groups is 1. The molecular weight excluding hydrogens is 201 g/mol. The Hall–Kier alpha value is -0.0600. The third kappa shape index (κ3) is 5.29. The van der Waals surface area contributed by atoms with Gasteiger partial charge in [0.1, 0.15) is 0 Å². The Balaban J connectivity index is 4.12. The van der Waals surface area contributed by atoms with Crippen molar-refractivity contribution in [3.8, 4) is 0 Å². The Morgan fingerprint density at radius 1 is 1.38 bits per heavy atom. The first-order valence-corrected chi connectivity index (χ1v) is 6.73. The molecule has 1 unspecified atom stereocenters. The van der Waals surface area contributed by atoms with Crippen molar-refractivity contribution in [2.45, 2.75) is 38.1 Å². The first-order chi connectivity index (χ1) is 5.69. The lowest BCUT2D eigenvalue weighted by atomic mass is 10.4. The predicted molar refractivity (Wildman–Crippen MR) is 50.8 cm³/mol. The Kier molecular flexibility index (Phi) is 4.42. The summed E-state index contributed by atoms with van der Waals surface area (Å²) in [5.74, 6) is -0.217. The van der Waals surface area contributed by atoms with Crippen LogP contribution in [0.1, 0.15) is 26.7 Å². The van der Waals surface area contributed by atoms with Crippen molar-refractivity contribution in [3.63, 3.8) is 0 Å². The zero-order chi connectivity index (χ0) is 10.7. The predicted octanol–water partition coefficient (Wildman–Crippen LogP) is 2.38. The number of halogens is 3. The average molecular weight is 218 g/mol. The normalized spacial score (nSPS) is 17.1. The summed E-state index contributed by atoms with van der Waals surface area (Å²) in [7, 11) is -2.60. The lowest BCUT2D eigenvalue weighted by Gasteiger charge is -2.25. The van der Waals surface area contributed by atoms with E-state index in [0.717, 1.165) is 0 Å². The van der Waals surface area contributed by atoms with E-state index in [1.54, 1.807) is 6.92 Å². The molecule has 0 aromatic carbocycles. The van der Waals surface area contributed by atoms with Gasteiger partial charge in [0, 0.05) is 11.0 Å². The van der Waals surface area contributed by atoms with E-state index in [9.17, 15) is 17.4 Å². The molecule has 0 aliphatic carbocycles. The first-order valence-electron chi connectivity index (χ1n) is 4.32. The van der Waals surface area contributed by atoms with Gasteiger partial charge < -0.3 is 0 Å². The zero-order valence-electron chi connectivity index (χ0n) is 8.19. The molecular formula is C8H17F3OS. The van der Waals surface area contributed by atoms with Gasteiger partial charge in [-0.3, -0.25) is 4.21 Å². The summed E-state index contributed by atoms with van der Waals surface area (Å²) in [6.45, 7) is 3.59. The van der Waals surface area contributed by atoms with Gasteiger partial charge in [-0.25, -0.2) is 0 Å². The molecule has 1 atom stereocenters. The van der Waals surface area contributed by atoms with E-state index in [4.69, 9.17) is 0 Å². The molecule has 0 N–H and O–H groups in total. The highest BCUT2D eigenvalue weighted by atomic mass is 32.2. The van der Waals surface area contributed by atoms with Crippen LogP contribution in [0.3, 0.4) is 0 Å². The van der Waals surface area contributed by atoms with Crippen LogP contribution in [0.2, 0.25) is 0 Å². The minimum atomic E-state index is -4.18. The van der Waals surface area contributed by atoms with Crippen molar-refractivity contribution in [2.24, 2.45) is 0 Å². The Morgan fingerprint density at radius 3 is 2.15 bits per heavy atom. The highest BCUT2D eigenvalue weighted by molar-refractivity contribution is 8.02. The van der Waals surface area contributed by atoms with E-state index in [1.165, 1.54) is 6.26 Å². The van der Waals surface area contributed by atoms with Crippen LogP contribution in [0.15, 0.2) is 0 Å². The number of hydrogen-bond donors (Lipinski definition) is 1. The molecule has 0 aromatic heterocycles. The first kappa shape index (κ1) is 12.9. The van der Waals surface area contributed by atoms with Crippen molar-refractivity contribution in [1.82, 2.24) is 0 Å². The summed E-state index contributed by atoms with van der Waals surface area (Å²) in [4.78, 5) is 0. The quantitative estimate of drug-likeness (QED) is 0.717. The maximum Gasteiger partial charge on any atom is 0.389 e. The summed E-state index contributed by atoms with van der Waals surface area (Å²) in [6, 6.07) is 0. The number of alkyl halides is 3. The van der Waals surface area contributed by atoms with Crippen molar-refractivity contribution in [1.29, 1.82) is 0 Å². The molecule has 0 spiro atoms. The van der Waals surface area contributed by atoms with Crippen LogP contribution in [-0.2, 0) is 9.93 Å². The largest absolute Gasteiger partial charge is 0.389 e. The molecule has 0 fully saturated rings. The number of hydrogen-bond acceptors (Lipinski definition) is 1. The second kappa shape index (κ2) is 4.44. The van der Waals surface area contributed by atoms with Crippen molar-refractivity contribution in [2.75, 3.05) is 12.0 Å². The fraction of sp³-hybridized carbons (Fsp3) is 1.00. The van der Waals surface area contributed by atoms with E-state index in [1.807, 2.05) is 6.92 Å². The van der Waals surface area contributed by atoms with Gasteiger partial charge in [0.05, 0.1) is 6.42 Å². The highest BCUT2D eigenvalue weighted by Gasteiger charge is 2.30. The summed E-state index contributed by atoms with van der Waals surface area (Å²) >= 11 is 0. The van der Waals surface area contributed by atoms with Gasteiger partial charge in [-0.1, -0.05) is 13.8 Å². The van der Waals surface area contributed by atoms with E-state index >= 15 is 0 Å². The molecule has 82 valence electrons. The zero-order valence-corrected chi connectivity index (χ0v) is 9.08. The molecule has 13 heavy (non-hydrogen) atoms. The summed E-state index contributed by atoms with van der Waals surface area (Å²) < 4.78 is 47.2. The van der Waals surface area contributed by atoms with Crippen molar-refractivity contribution in [3.05, 3.63) is 0 Å². The van der Waals surface area contributed by atoms with Gasteiger partial charge in [-0.15, -0.1) is 9.93 Å². The van der Waals surface area contributed by atoms with Gasteiger partial charge in [0.2, 0.25) is 0 Å². The molecule has 0 saturated carbocycles. The van der Waals surface area contributed by atoms with E-state index in [2.05, 4.69) is 0 Å². The average Bonchev–Trinajstić information content (AvgIpc) is 1.98. The molecule has 0 saturated heterocycles. The molecule has 1 nitrogen and oxygen atoms in total. The fourth-order valence-corrected chi connectivity index (χ4v) is 2.87. The standard InChI is InChI=1S/C8H17F3OS/c1-4-7(2)13(3,12)6-5-8(9,10)11/h7,13H,4-6H2,1-3H3. The lowest BCUT2D eigenvalue weighted by Crippen LogP contribution is -2.29. The fourth-order valence-electron chi connectivity index (χ4n) is 0.955. The van der Waals surface area contributed by atoms with Crippen LogP contribution in [0.25, 0.3) is 0 Å². The minimum absolute atomic E-state index is 0.102. The van der Waals surface area contributed by atoms with Gasteiger partial charge in [0.25, 0.3) is 0 Å². The van der Waals surface area contributed by atoms with Gasteiger partial charge in [-0.2, -0.15) is 13.2 Å². The Labute approximate surface area is 78.1 Å². The number of rotatable bonds is 4. The third-order valence-electron chi connectivity index (χ3n) is 2.36. The highest BCUT2D eigenvalue weighted by Crippen LogP contribution is 2.23. The summed E-state index contributed by atoms with van der Waals surface area (Å²) in [6.07, 6.45) is -2.97. The molecule has 0 heterocycles. The van der Waals surface area contributed by atoms with Gasteiger partial charge in [0.15, 0.2) is 0 Å². The van der Waals surface area contributed by atoms with Crippen LogP contribution in [0.4, 0.5) is 13.2 Å². The molecule has 0 amide bonds. The van der Waals surface area contributed by atoms with E-state index < -0.39 is 22.5 Å². The second-order valence-corrected chi connectivity index (χ2v) is 7.20. The Morgan fingerprint density at radius 2 is 1.85 bits per heavy atom. The molecule has 0 aliphatic rings. The van der Waals surface area contributed by atoms with Gasteiger partial charge >= 0.3 is 6.18 Å².